The van der Waals surface area contributed by atoms with Crippen molar-refractivity contribution in [2.45, 2.75) is 266 Å². The van der Waals surface area contributed by atoms with Crippen molar-refractivity contribution in [2.75, 3.05) is 26.4 Å². The van der Waals surface area contributed by atoms with Crippen LogP contribution in [0.25, 0.3) is 0 Å². The van der Waals surface area contributed by atoms with Crippen LogP contribution in [0.2, 0.25) is 0 Å². The number of carbonyl (C=O) groups excluding carboxylic acids is 1. The molecule has 0 spiro atoms. The van der Waals surface area contributed by atoms with Gasteiger partial charge in [0.2, 0.25) is 5.91 Å². The molecule has 3 aliphatic heterocycles. The molecule has 19 nitrogen and oxygen atoms in total. The molecule has 450 valence electrons. The number of unbranched alkanes of at least 4 members (excludes halogenated alkanes) is 15. The molecule has 0 aromatic carbocycles. The van der Waals surface area contributed by atoms with Crippen LogP contribution in [0.3, 0.4) is 0 Å². The summed E-state index contributed by atoms with van der Waals surface area (Å²) in [5.41, 5.74) is 0. The minimum absolute atomic E-state index is 0.231. The second-order valence-corrected chi connectivity index (χ2v) is 20.7. The summed E-state index contributed by atoms with van der Waals surface area (Å²) in [4.78, 5) is 13.3. The first-order valence-electron chi connectivity index (χ1n) is 29.2. The van der Waals surface area contributed by atoms with Crippen molar-refractivity contribution in [1.82, 2.24) is 5.32 Å². The minimum atomic E-state index is -1.98. The van der Waals surface area contributed by atoms with Gasteiger partial charge in [0.05, 0.1) is 38.6 Å². The molecule has 0 aliphatic carbocycles. The smallest absolute Gasteiger partial charge is 0.220 e. The maximum absolute atomic E-state index is 13.3. The van der Waals surface area contributed by atoms with E-state index >= 15 is 0 Å². The summed E-state index contributed by atoms with van der Waals surface area (Å²) in [6, 6.07) is -0.977. The average molecular weight is 1110 g/mol. The van der Waals surface area contributed by atoms with E-state index in [1.165, 1.54) is 38.5 Å². The lowest BCUT2D eigenvalue weighted by atomic mass is 9.96. The Morgan fingerprint density at radius 2 is 0.885 bits per heavy atom. The van der Waals surface area contributed by atoms with Crippen LogP contribution in [0.15, 0.2) is 72.9 Å². The predicted molar refractivity (Wildman–Crippen MR) is 295 cm³/mol. The van der Waals surface area contributed by atoms with Gasteiger partial charge >= 0.3 is 0 Å². The van der Waals surface area contributed by atoms with E-state index in [-0.39, 0.29) is 18.9 Å². The molecule has 3 fully saturated rings. The van der Waals surface area contributed by atoms with Crippen molar-refractivity contribution >= 4 is 5.91 Å². The van der Waals surface area contributed by atoms with Crippen molar-refractivity contribution < 1.29 is 89.4 Å². The number of hydrogen-bond acceptors (Lipinski definition) is 18. The quantitative estimate of drug-likeness (QED) is 0.0293. The Morgan fingerprint density at radius 1 is 0.474 bits per heavy atom. The Labute approximate surface area is 464 Å². The van der Waals surface area contributed by atoms with Gasteiger partial charge in [-0.2, -0.15) is 0 Å². The summed E-state index contributed by atoms with van der Waals surface area (Å²) in [6.07, 6.45) is 22.0. The maximum Gasteiger partial charge on any atom is 0.220 e. The Balaban J connectivity index is 1.43. The third-order valence-electron chi connectivity index (χ3n) is 14.3. The molecule has 17 atom stereocenters. The lowest BCUT2D eigenvalue weighted by Gasteiger charge is -2.48. The molecule has 0 aromatic heterocycles. The highest BCUT2D eigenvalue weighted by molar-refractivity contribution is 5.76. The van der Waals surface area contributed by atoms with Crippen molar-refractivity contribution in [3.8, 4) is 0 Å². The molecular weight excluding hydrogens is 1010 g/mol. The van der Waals surface area contributed by atoms with E-state index in [1.807, 2.05) is 6.08 Å². The van der Waals surface area contributed by atoms with Gasteiger partial charge in [-0.3, -0.25) is 4.79 Å². The van der Waals surface area contributed by atoms with Gasteiger partial charge in [0.25, 0.3) is 0 Å². The first-order valence-corrected chi connectivity index (χ1v) is 29.2. The molecule has 1 amide bonds. The van der Waals surface area contributed by atoms with Gasteiger partial charge < -0.3 is 89.9 Å². The van der Waals surface area contributed by atoms with Gasteiger partial charge in [0.15, 0.2) is 18.9 Å². The summed E-state index contributed by atoms with van der Waals surface area (Å²) in [6.45, 7) is 1.52. The molecule has 0 bridgehead atoms. The van der Waals surface area contributed by atoms with Crippen LogP contribution in [0.4, 0.5) is 0 Å². The SMILES string of the molecule is CC/C=C\C/C=C\C/C=C\C/C=C\C/C=C\CCCCCCCCCCCC(=O)NC(COC1OC(CO)C(OC2OC(CO)C(OC3OC(CO)C(O)C(O)C3O)C(O)C2O)C(O)C1O)C(O)/C=C/CCCCCCCC. The van der Waals surface area contributed by atoms with Gasteiger partial charge in [-0.05, 0) is 64.2 Å². The van der Waals surface area contributed by atoms with E-state index in [1.54, 1.807) is 6.08 Å². The minimum Gasteiger partial charge on any atom is -0.394 e. The fraction of sp³-hybridized carbons (Fsp3) is 0.780. The summed E-state index contributed by atoms with van der Waals surface area (Å²) >= 11 is 0. The van der Waals surface area contributed by atoms with Crippen molar-refractivity contribution in [3.05, 3.63) is 72.9 Å². The van der Waals surface area contributed by atoms with Crippen LogP contribution in [0.5, 0.6) is 0 Å². The van der Waals surface area contributed by atoms with E-state index < -0.39 is 124 Å². The number of amides is 1. The third kappa shape index (κ3) is 26.0. The highest BCUT2D eigenvalue weighted by Gasteiger charge is 2.53. The molecule has 3 saturated heterocycles. The van der Waals surface area contributed by atoms with Crippen LogP contribution in [-0.2, 0) is 33.2 Å². The normalized spacial score (nSPS) is 31.0. The fourth-order valence-corrected chi connectivity index (χ4v) is 9.45. The Morgan fingerprint density at radius 3 is 1.38 bits per heavy atom. The average Bonchev–Trinajstić information content (AvgIpc) is 3.48. The highest BCUT2D eigenvalue weighted by atomic mass is 16.8. The molecule has 19 heteroatoms. The fourth-order valence-electron chi connectivity index (χ4n) is 9.45. The number of ether oxygens (including phenoxy) is 6. The highest BCUT2D eigenvalue weighted by Crippen LogP contribution is 2.33. The van der Waals surface area contributed by atoms with Crippen LogP contribution >= 0.6 is 0 Å². The monoisotopic (exact) mass is 1110 g/mol. The zero-order chi connectivity index (χ0) is 56.9. The van der Waals surface area contributed by atoms with Crippen LogP contribution in [-0.4, -0.2) is 193 Å². The van der Waals surface area contributed by atoms with E-state index in [2.05, 4.69) is 79.9 Å². The lowest BCUT2D eigenvalue weighted by molar-refractivity contribution is -0.379. The number of aliphatic hydroxyl groups excluding tert-OH is 11. The van der Waals surface area contributed by atoms with Gasteiger partial charge in [-0.15, -0.1) is 0 Å². The largest absolute Gasteiger partial charge is 0.394 e. The topological polar surface area (TPSA) is 307 Å². The van der Waals surface area contributed by atoms with Gasteiger partial charge in [-0.1, -0.05) is 164 Å². The van der Waals surface area contributed by atoms with E-state index in [0.717, 1.165) is 96.3 Å². The maximum atomic E-state index is 13.3. The van der Waals surface area contributed by atoms with Crippen LogP contribution in [0.1, 0.15) is 162 Å². The Kier molecular flexibility index (Phi) is 37.5. The standard InChI is InChI=1S/C59H101NO18/c1-3-5-7-9-11-13-14-15-16-17-18-19-20-21-22-23-24-25-26-27-28-29-31-33-35-37-47(65)60-42(43(64)36-34-32-30-12-10-8-6-4-2)41-73-57-53(71)50(68)55(45(39-62)75-57)78-59-54(72)51(69)56(46(40-63)76-59)77-58-52(70)49(67)48(66)44(38-61)74-58/h5,7,11,13,15-16,18-19,21-22,34,36,42-46,48-59,61-64,66-72H,3-4,6,8-10,12,14,17,20,23-33,35,37-41H2,1-2H3,(H,60,65)/b7-5-,13-11-,16-15-,19-18-,22-21-,36-34+. The number of hydrogen-bond donors (Lipinski definition) is 12. The molecule has 3 heterocycles. The van der Waals surface area contributed by atoms with Crippen molar-refractivity contribution in [2.24, 2.45) is 0 Å². The molecule has 0 aromatic rings. The summed E-state index contributed by atoms with van der Waals surface area (Å²) < 4.78 is 34.1. The molecule has 12 N–H and O–H groups in total. The zero-order valence-corrected chi connectivity index (χ0v) is 46.6. The molecule has 3 aliphatic rings. The number of aliphatic hydroxyl groups is 11. The summed E-state index contributed by atoms with van der Waals surface area (Å²) in [7, 11) is 0. The summed E-state index contributed by atoms with van der Waals surface area (Å²) in [5, 5.41) is 120. The first-order chi connectivity index (χ1) is 37.8. The van der Waals surface area contributed by atoms with E-state index in [0.29, 0.717) is 6.42 Å². The number of allylic oxidation sites excluding steroid dienone is 11. The zero-order valence-electron chi connectivity index (χ0n) is 46.6. The van der Waals surface area contributed by atoms with Crippen LogP contribution in [0, 0.1) is 0 Å². The lowest BCUT2D eigenvalue weighted by Crippen LogP contribution is -2.66. The third-order valence-corrected chi connectivity index (χ3v) is 14.3. The second-order valence-electron chi connectivity index (χ2n) is 20.7. The Bertz CT molecular complexity index is 1710. The Hall–Kier alpha value is -2.77. The van der Waals surface area contributed by atoms with E-state index in [9.17, 15) is 61.0 Å². The number of rotatable bonds is 41. The predicted octanol–water partition coefficient (Wildman–Crippen LogP) is 4.65. The molecule has 0 saturated carbocycles. The number of carbonyl (C=O) groups is 1. The molecule has 17 unspecified atom stereocenters. The van der Waals surface area contributed by atoms with Crippen molar-refractivity contribution in [3.63, 3.8) is 0 Å². The van der Waals surface area contributed by atoms with Crippen LogP contribution < -0.4 is 5.32 Å². The van der Waals surface area contributed by atoms with Gasteiger partial charge in [0.1, 0.15) is 73.2 Å². The van der Waals surface area contributed by atoms with Gasteiger partial charge in [0, 0.05) is 6.42 Å². The molecule has 3 rings (SSSR count). The van der Waals surface area contributed by atoms with Gasteiger partial charge in [-0.25, -0.2) is 0 Å². The second kappa shape index (κ2) is 42.1. The molecular formula is C59H101NO18. The number of nitrogens with one attached hydrogen (secondary N) is 1. The molecule has 0 radical (unpaired) electrons. The first kappa shape index (κ1) is 69.5. The van der Waals surface area contributed by atoms with Crippen molar-refractivity contribution in [1.29, 1.82) is 0 Å². The summed E-state index contributed by atoms with van der Waals surface area (Å²) in [5.74, 6) is -0.290. The van der Waals surface area contributed by atoms with E-state index in [4.69, 9.17) is 28.4 Å². The molecule has 78 heavy (non-hydrogen) atoms.